The molecule has 1 aliphatic rings. The summed E-state index contributed by atoms with van der Waals surface area (Å²) in [5.74, 6) is -13.2. The monoisotopic (exact) mass is 361 g/mol. The third-order valence-corrected chi connectivity index (χ3v) is 3.71. The van der Waals surface area contributed by atoms with E-state index in [0.717, 1.165) is 6.07 Å². The Morgan fingerprint density at radius 1 is 0.880 bits per heavy atom. The van der Waals surface area contributed by atoms with Crippen LogP contribution in [-0.2, 0) is 4.79 Å². The van der Waals surface area contributed by atoms with Crippen LogP contribution in [0.5, 0.6) is 5.75 Å². The van der Waals surface area contributed by atoms with E-state index in [-0.39, 0.29) is 11.4 Å². The number of ether oxygens (including phenoxy) is 1. The summed E-state index contributed by atoms with van der Waals surface area (Å²) in [6.45, 7) is 2.81. The van der Waals surface area contributed by atoms with Gasteiger partial charge >= 0.3 is 0 Å². The molecule has 0 saturated heterocycles. The van der Waals surface area contributed by atoms with Gasteiger partial charge in [0, 0.05) is 11.6 Å². The lowest BCUT2D eigenvalue weighted by Gasteiger charge is -2.31. The maximum atomic E-state index is 14.3. The fraction of sp³-hybridized carbons (Fsp3) is 0.188. The normalized spacial score (nSPS) is 15.4. The Labute approximate surface area is 137 Å². The van der Waals surface area contributed by atoms with Gasteiger partial charge in [0.25, 0.3) is 5.91 Å². The molecule has 1 N–H and O–H groups in total. The molecule has 132 valence electrons. The average Bonchev–Trinajstić information content (AvgIpc) is 2.53. The van der Waals surface area contributed by atoms with Gasteiger partial charge in [-0.3, -0.25) is 4.79 Å². The predicted octanol–water partition coefficient (Wildman–Crippen LogP) is 4.30. The summed E-state index contributed by atoms with van der Waals surface area (Å²) in [4.78, 5) is 11.9. The minimum atomic E-state index is -2.35. The quantitative estimate of drug-likeness (QED) is 0.467. The lowest BCUT2D eigenvalue weighted by atomic mass is 9.99. The molecular weight excluding hydrogens is 352 g/mol. The third-order valence-electron chi connectivity index (χ3n) is 3.71. The molecular formula is C16H9F6NO2. The summed E-state index contributed by atoms with van der Waals surface area (Å²) in [5, 5.41) is 2.33. The van der Waals surface area contributed by atoms with Crippen LogP contribution in [0.15, 0.2) is 12.1 Å². The topological polar surface area (TPSA) is 38.3 Å². The molecule has 9 heteroatoms. The first-order chi connectivity index (χ1) is 11.5. The van der Waals surface area contributed by atoms with Gasteiger partial charge in [0.1, 0.15) is 11.6 Å². The molecule has 0 aromatic heterocycles. The van der Waals surface area contributed by atoms with E-state index >= 15 is 0 Å². The van der Waals surface area contributed by atoms with Crippen LogP contribution in [0.1, 0.15) is 13.8 Å². The van der Waals surface area contributed by atoms with E-state index in [1.807, 2.05) is 0 Å². The minimum absolute atomic E-state index is 0.144. The van der Waals surface area contributed by atoms with Crippen LogP contribution in [0.2, 0.25) is 0 Å². The Balaban J connectivity index is 2.25. The van der Waals surface area contributed by atoms with E-state index in [2.05, 4.69) is 5.32 Å². The van der Waals surface area contributed by atoms with Crippen LogP contribution in [0, 0.1) is 34.9 Å². The molecule has 3 rings (SSSR count). The van der Waals surface area contributed by atoms with Crippen molar-refractivity contribution in [3.63, 3.8) is 0 Å². The van der Waals surface area contributed by atoms with Crippen molar-refractivity contribution in [2.75, 3.05) is 5.32 Å². The number of carbonyl (C=O) groups excluding carboxylic acids is 1. The molecule has 2 aromatic carbocycles. The standard InChI is InChI=1S/C16H9F6NO2/c1-16(2)15(24)23-7-3-5(6(17)4-8(7)25-16)9-10(18)12(20)14(22)13(21)11(9)19/h3-4H,1-2H3,(H,23,24). The zero-order valence-electron chi connectivity index (χ0n) is 12.7. The number of benzene rings is 2. The smallest absolute Gasteiger partial charge is 0.268 e. The van der Waals surface area contributed by atoms with Crippen molar-refractivity contribution in [2.24, 2.45) is 0 Å². The number of carbonyl (C=O) groups is 1. The lowest BCUT2D eigenvalue weighted by molar-refractivity contribution is -0.129. The average molecular weight is 361 g/mol. The number of halogens is 6. The number of anilines is 1. The zero-order chi connectivity index (χ0) is 18.7. The van der Waals surface area contributed by atoms with Gasteiger partial charge in [-0.25, -0.2) is 26.3 Å². The van der Waals surface area contributed by atoms with Gasteiger partial charge in [0.05, 0.1) is 11.3 Å². The highest BCUT2D eigenvalue weighted by atomic mass is 19.2. The molecule has 2 aromatic rings. The van der Waals surface area contributed by atoms with Gasteiger partial charge in [0.15, 0.2) is 28.9 Å². The van der Waals surface area contributed by atoms with Gasteiger partial charge in [-0.15, -0.1) is 0 Å². The van der Waals surface area contributed by atoms with Crippen molar-refractivity contribution >= 4 is 11.6 Å². The van der Waals surface area contributed by atoms with Crippen molar-refractivity contribution in [2.45, 2.75) is 19.4 Å². The number of amides is 1. The van der Waals surface area contributed by atoms with Crippen LogP contribution in [0.25, 0.3) is 11.1 Å². The van der Waals surface area contributed by atoms with E-state index in [4.69, 9.17) is 4.74 Å². The zero-order valence-corrected chi connectivity index (χ0v) is 12.7. The Morgan fingerprint density at radius 2 is 1.40 bits per heavy atom. The van der Waals surface area contributed by atoms with Crippen LogP contribution in [-0.4, -0.2) is 11.5 Å². The van der Waals surface area contributed by atoms with Crippen molar-refractivity contribution < 1.29 is 35.9 Å². The molecule has 0 radical (unpaired) electrons. The van der Waals surface area contributed by atoms with Gasteiger partial charge in [-0.2, -0.15) is 0 Å². The summed E-state index contributed by atoms with van der Waals surface area (Å²) >= 11 is 0. The Bertz CT molecular complexity index is 897. The van der Waals surface area contributed by atoms with Crippen LogP contribution in [0.3, 0.4) is 0 Å². The molecule has 0 atom stereocenters. The summed E-state index contributed by atoms with van der Waals surface area (Å²) < 4.78 is 87.2. The summed E-state index contributed by atoms with van der Waals surface area (Å²) in [6, 6.07) is 1.44. The number of nitrogens with one attached hydrogen (secondary N) is 1. The summed E-state index contributed by atoms with van der Waals surface area (Å²) in [7, 11) is 0. The van der Waals surface area contributed by atoms with Gasteiger partial charge in [-0.1, -0.05) is 0 Å². The van der Waals surface area contributed by atoms with Crippen molar-refractivity contribution in [3.8, 4) is 16.9 Å². The second-order valence-electron chi connectivity index (χ2n) is 5.84. The fourth-order valence-electron chi connectivity index (χ4n) is 2.36. The second-order valence-corrected chi connectivity index (χ2v) is 5.84. The molecule has 0 bridgehead atoms. The highest BCUT2D eigenvalue weighted by Crippen LogP contribution is 2.40. The SMILES string of the molecule is CC1(C)Oc2cc(F)c(-c3c(F)c(F)c(F)c(F)c3F)cc2NC1=O. The number of rotatable bonds is 1. The third kappa shape index (κ3) is 2.50. The molecule has 0 fully saturated rings. The van der Waals surface area contributed by atoms with E-state index in [0.29, 0.717) is 6.07 Å². The van der Waals surface area contributed by atoms with Crippen LogP contribution < -0.4 is 10.1 Å². The van der Waals surface area contributed by atoms with Crippen molar-refractivity contribution in [1.82, 2.24) is 0 Å². The number of fused-ring (bicyclic) bond motifs is 1. The highest BCUT2D eigenvalue weighted by molar-refractivity contribution is 6.00. The first-order valence-corrected chi connectivity index (χ1v) is 6.90. The van der Waals surface area contributed by atoms with Crippen LogP contribution >= 0.6 is 0 Å². The summed E-state index contributed by atoms with van der Waals surface area (Å²) in [6.07, 6.45) is 0. The predicted molar refractivity (Wildman–Crippen MR) is 75.0 cm³/mol. The van der Waals surface area contributed by atoms with Gasteiger partial charge < -0.3 is 10.1 Å². The van der Waals surface area contributed by atoms with E-state index in [1.54, 1.807) is 0 Å². The number of hydrogen-bond acceptors (Lipinski definition) is 2. The molecule has 1 amide bonds. The maximum Gasteiger partial charge on any atom is 0.268 e. The van der Waals surface area contributed by atoms with Gasteiger partial charge in [-0.05, 0) is 19.9 Å². The number of hydrogen-bond donors (Lipinski definition) is 1. The lowest BCUT2D eigenvalue weighted by Crippen LogP contribution is -2.45. The molecule has 0 spiro atoms. The van der Waals surface area contributed by atoms with E-state index < -0.39 is 57.5 Å². The highest BCUT2D eigenvalue weighted by Gasteiger charge is 2.37. The summed E-state index contributed by atoms with van der Waals surface area (Å²) in [5.41, 5.74) is -3.83. The first kappa shape index (κ1) is 17.1. The molecule has 0 saturated carbocycles. The van der Waals surface area contributed by atoms with Crippen molar-refractivity contribution in [3.05, 3.63) is 47.0 Å². The minimum Gasteiger partial charge on any atom is -0.476 e. The van der Waals surface area contributed by atoms with Crippen LogP contribution in [0.4, 0.5) is 32.0 Å². The maximum absolute atomic E-state index is 14.3. The molecule has 0 unspecified atom stereocenters. The molecule has 3 nitrogen and oxygen atoms in total. The fourth-order valence-corrected chi connectivity index (χ4v) is 2.36. The first-order valence-electron chi connectivity index (χ1n) is 6.90. The molecule has 25 heavy (non-hydrogen) atoms. The van der Waals surface area contributed by atoms with Gasteiger partial charge in [0.2, 0.25) is 5.82 Å². The van der Waals surface area contributed by atoms with Crippen molar-refractivity contribution in [1.29, 1.82) is 0 Å². The van der Waals surface area contributed by atoms with E-state index in [9.17, 15) is 31.1 Å². The second kappa shape index (κ2) is 5.40. The largest absolute Gasteiger partial charge is 0.476 e. The molecule has 1 heterocycles. The van der Waals surface area contributed by atoms with E-state index in [1.165, 1.54) is 13.8 Å². The molecule has 1 aliphatic heterocycles. The molecule has 0 aliphatic carbocycles. The Kier molecular flexibility index (Phi) is 3.70. The Morgan fingerprint density at radius 3 is 1.96 bits per heavy atom. The Hall–Kier alpha value is -2.71.